The largest absolute Gasteiger partial charge is 0.465 e. The summed E-state index contributed by atoms with van der Waals surface area (Å²) >= 11 is 0. The van der Waals surface area contributed by atoms with Crippen LogP contribution in [0, 0.1) is 0 Å². The number of hydrogen-bond acceptors (Lipinski definition) is 5. The van der Waals surface area contributed by atoms with Crippen molar-refractivity contribution >= 4 is 25.5 Å². The van der Waals surface area contributed by atoms with E-state index in [0.29, 0.717) is 5.69 Å². The molecular weight excluding hydrogens is 319 g/mol. The third-order valence-corrected chi connectivity index (χ3v) is 3.39. The van der Waals surface area contributed by atoms with Gasteiger partial charge in [0, 0.05) is 0 Å². The molecule has 6 nitrogen and oxygen atoms in total. The lowest BCUT2D eigenvalue weighted by Gasteiger charge is -2.21. The lowest BCUT2D eigenvalue weighted by atomic mass is 10.0. The lowest BCUT2D eigenvalue weighted by molar-refractivity contribution is -0.144. The minimum Gasteiger partial charge on any atom is -0.465 e. The molecule has 2 aromatic rings. The van der Waals surface area contributed by atoms with Crippen LogP contribution in [-0.2, 0) is 27.4 Å². The van der Waals surface area contributed by atoms with Crippen molar-refractivity contribution in [2.45, 2.75) is 20.1 Å². The number of benzene rings is 1. The van der Waals surface area contributed by atoms with Crippen LogP contribution in [-0.4, -0.2) is 42.9 Å². The van der Waals surface area contributed by atoms with E-state index in [4.69, 9.17) is 9.47 Å². The van der Waals surface area contributed by atoms with Crippen molar-refractivity contribution in [1.82, 2.24) is 9.88 Å². The van der Waals surface area contributed by atoms with Gasteiger partial charge in [-0.25, -0.2) is 4.79 Å². The van der Waals surface area contributed by atoms with Gasteiger partial charge in [0.15, 0.2) is 7.85 Å². The first-order valence-corrected chi connectivity index (χ1v) is 8.12. The van der Waals surface area contributed by atoms with Gasteiger partial charge in [-0.15, -0.1) is 0 Å². The van der Waals surface area contributed by atoms with Gasteiger partial charge in [-0.1, -0.05) is 42.5 Å². The highest BCUT2D eigenvalue weighted by atomic mass is 16.6. The predicted molar refractivity (Wildman–Crippen MR) is 96.1 cm³/mol. The lowest BCUT2D eigenvalue weighted by Crippen LogP contribution is -2.37. The maximum Gasteiger partial charge on any atom is 0.410 e. The van der Waals surface area contributed by atoms with E-state index < -0.39 is 12.1 Å². The van der Waals surface area contributed by atoms with Gasteiger partial charge in [0.25, 0.3) is 0 Å². The molecule has 1 heterocycles. The highest BCUT2D eigenvalue weighted by Gasteiger charge is 2.20. The van der Waals surface area contributed by atoms with Crippen molar-refractivity contribution < 1.29 is 19.1 Å². The van der Waals surface area contributed by atoms with Gasteiger partial charge in [-0.3, -0.25) is 14.7 Å². The molecule has 0 N–H and O–H groups in total. The quantitative estimate of drug-likeness (QED) is 0.557. The molecule has 0 saturated carbocycles. The second-order valence-electron chi connectivity index (χ2n) is 5.47. The number of amides is 1. The molecular formula is C18H21BN2O4. The highest BCUT2D eigenvalue weighted by molar-refractivity contribution is 6.30. The number of carbonyl (C=O) groups is 2. The van der Waals surface area contributed by atoms with Gasteiger partial charge in [-0.2, -0.15) is 0 Å². The Kier molecular flexibility index (Phi) is 7.01. The summed E-state index contributed by atoms with van der Waals surface area (Å²) in [5, 5.41) is 0. The maximum atomic E-state index is 12.4. The number of esters is 1. The number of ether oxygens (including phenoxy) is 2. The maximum absolute atomic E-state index is 12.4. The van der Waals surface area contributed by atoms with Crippen LogP contribution >= 0.6 is 0 Å². The molecule has 0 radical (unpaired) electrons. The second kappa shape index (κ2) is 9.47. The van der Waals surface area contributed by atoms with Gasteiger partial charge in [0.1, 0.15) is 13.2 Å². The number of hydrogen-bond donors (Lipinski definition) is 0. The summed E-state index contributed by atoms with van der Waals surface area (Å²) in [6.45, 7) is 2.11. The molecule has 130 valence electrons. The molecule has 0 bridgehead atoms. The van der Waals surface area contributed by atoms with E-state index in [-0.39, 0.29) is 26.3 Å². The van der Waals surface area contributed by atoms with Crippen LogP contribution in [0.4, 0.5) is 4.79 Å². The standard InChI is InChI=1S/C18H21BN2O4/c1-2-24-17(22)12-21(11-15-9-6-10-16(19)20-15)18(23)25-13-14-7-4-3-5-8-14/h3-10H,2,11-13,19H2,1H3. The summed E-state index contributed by atoms with van der Waals surface area (Å²) in [7, 11) is 1.87. The predicted octanol–water partition coefficient (Wildman–Crippen LogP) is 1.04. The normalized spacial score (nSPS) is 10.1. The summed E-state index contributed by atoms with van der Waals surface area (Å²) < 4.78 is 10.3. The van der Waals surface area contributed by atoms with Gasteiger partial charge in [0.2, 0.25) is 0 Å². The van der Waals surface area contributed by atoms with Crippen molar-refractivity contribution in [3.05, 3.63) is 59.8 Å². The molecule has 0 aliphatic carbocycles. The average Bonchev–Trinajstić information content (AvgIpc) is 2.60. The van der Waals surface area contributed by atoms with Crippen LogP contribution < -0.4 is 5.59 Å². The zero-order chi connectivity index (χ0) is 18.1. The molecule has 1 amide bonds. The summed E-state index contributed by atoms with van der Waals surface area (Å²) in [5.74, 6) is -0.480. The Morgan fingerprint density at radius 3 is 2.52 bits per heavy atom. The summed E-state index contributed by atoms with van der Waals surface area (Å²) in [6, 6.07) is 14.9. The molecule has 1 aromatic carbocycles. The van der Waals surface area contributed by atoms with Crippen molar-refractivity contribution in [3.63, 3.8) is 0 Å². The minimum atomic E-state index is -0.583. The fourth-order valence-electron chi connectivity index (χ4n) is 2.24. The van der Waals surface area contributed by atoms with Gasteiger partial charge >= 0.3 is 12.1 Å². The average molecular weight is 340 g/mol. The SMILES string of the molecule is Bc1cccc(CN(CC(=O)OCC)C(=O)OCc2ccccc2)n1. The Morgan fingerprint density at radius 2 is 1.84 bits per heavy atom. The number of pyridine rings is 1. The first kappa shape index (κ1) is 18.5. The third-order valence-electron chi connectivity index (χ3n) is 3.39. The van der Waals surface area contributed by atoms with E-state index >= 15 is 0 Å². The van der Waals surface area contributed by atoms with E-state index in [2.05, 4.69) is 4.98 Å². The molecule has 0 fully saturated rings. The molecule has 0 spiro atoms. The first-order valence-electron chi connectivity index (χ1n) is 8.12. The molecule has 0 atom stereocenters. The number of carbonyl (C=O) groups excluding carboxylic acids is 2. The zero-order valence-corrected chi connectivity index (χ0v) is 14.5. The number of nitrogens with zero attached hydrogens (tertiary/aromatic N) is 2. The van der Waals surface area contributed by atoms with Crippen LogP contribution in [0.3, 0.4) is 0 Å². The summed E-state index contributed by atoms with van der Waals surface area (Å²) in [6.07, 6.45) is -0.583. The fraction of sp³-hybridized carbons (Fsp3) is 0.278. The molecule has 1 aromatic heterocycles. The van der Waals surface area contributed by atoms with E-state index in [1.54, 1.807) is 13.0 Å². The molecule has 25 heavy (non-hydrogen) atoms. The van der Waals surface area contributed by atoms with E-state index in [1.807, 2.05) is 50.3 Å². The Bertz CT molecular complexity index is 709. The van der Waals surface area contributed by atoms with Crippen LogP contribution in [0.2, 0.25) is 0 Å². The van der Waals surface area contributed by atoms with Gasteiger partial charge in [-0.05, 0) is 24.1 Å². The van der Waals surface area contributed by atoms with Crippen molar-refractivity contribution in [2.24, 2.45) is 0 Å². The topological polar surface area (TPSA) is 68.7 Å². The van der Waals surface area contributed by atoms with Crippen LogP contribution in [0.15, 0.2) is 48.5 Å². The molecule has 0 unspecified atom stereocenters. The Labute approximate surface area is 148 Å². The van der Waals surface area contributed by atoms with E-state index in [9.17, 15) is 9.59 Å². The van der Waals surface area contributed by atoms with E-state index in [1.165, 1.54) is 4.90 Å². The summed E-state index contributed by atoms with van der Waals surface area (Å²) in [4.78, 5) is 29.9. The van der Waals surface area contributed by atoms with Crippen LogP contribution in [0.25, 0.3) is 0 Å². The molecule has 0 aliphatic heterocycles. The Hall–Kier alpha value is -2.83. The van der Waals surface area contributed by atoms with E-state index in [0.717, 1.165) is 11.2 Å². The van der Waals surface area contributed by atoms with Crippen LogP contribution in [0.1, 0.15) is 18.2 Å². The van der Waals surface area contributed by atoms with Gasteiger partial charge < -0.3 is 9.47 Å². The van der Waals surface area contributed by atoms with Crippen molar-refractivity contribution in [2.75, 3.05) is 13.2 Å². The molecule has 7 heteroatoms. The number of rotatable bonds is 7. The fourth-order valence-corrected chi connectivity index (χ4v) is 2.24. The van der Waals surface area contributed by atoms with Crippen molar-refractivity contribution in [3.8, 4) is 0 Å². The third kappa shape index (κ3) is 6.29. The van der Waals surface area contributed by atoms with Crippen molar-refractivity contribution in [1.29, 1.82) is 0 Å². The molecule has 0 aliphatic rings. The zero-order valence-electron chi connectivity index (χ0n) is 14.5. The molecule has 2 rings (SSSR count). The minimum absolute atomic E-state index is 0.139. The smallest absolute Gasteiger partial charge is 0.410 e. The summed E-state index contributed by atoms with van der Waals surface area (Å²) in [5.41, 5.74) is 2.40. The molecule has 0 saturated heterocycles. The monoisotopic (exact) mass is 340 g/mol. The first-order chi connectivity index (χ1) is 12.1. The Morgan fingerprint density at radius 1 is 1.08 bits per heavy atom. The Balaban J connectivity index is 2.04. The highest BCUT2D eigenvalue weighted by Crippen LogP contribution is 2.07. The second-order valence-corrected chi connectivity index (χ2v) is 5.47. The number of aromatic nitrogens is 1. The van der Waals surface area contributed by atoms with Crippen LogP contribution in [0.5, 0.6) is 0 Å². The van der Waals surface area contributed by atoms with Gasteiger partial charge in [0.05, 0.1) is 18.8 Å².